The van der Waals surface area contributed by atoms with Crippen LogP contribution in [0.2, 0.25) is 0 Å². The van der Waals surface area contributed by atoms with E-state index in [9.17, 15) is 4.79 Å². The van der Waals surface area contributed by atoms with E-state index in [2.05, 4.69) is 26.1 Å². The van der Waals surface area contributed by atoms with Gasteiger partial charge in [0.05, 0.1) is 0 Å². The van der Waals surface area contributed by atoms with Gasteiger partial charge in [0.25, 0.3) is 0 Å². The number of benzene rings is 1. The molecule has 0 unspecified atom stereocenters. The first-order valence-corrected chi connectivity index (χ1v) is 7.16. The van der Waals surface area contributed by atoms with Crippen LogP contribution in [-0.4, -0.2) is 12.5 Å². The van der Waals surface area contributed by atoms with Gasteiger partial charge < -0.3 is 10.1 Å². The molecule has 0 bridgehead atoms. The van der Waals surface area contributed by atoms with Crippen LogP contribution in [0.3, 0.4) is 0 Å². The fourth-order valence-electron chi connectivity index (χ4n) is 1.68. The topological polar surface area (TPSA) is 38.3 Å². The third-order valence-electron chi connectivity index (χ3n) is 2.85. The van der Waals surface area contributed by atoms with Gasteiger partial charge in [-0.2, -0.15) is 0 Å². The van der Waals surface area contributed by atoms with Crippen LogP contribution >= 0.6 is 0 Å². The molecule has 0 radical (unpaired) electrons. The summed E-state index contributed by atoms with van der Waals surface area (Å²) >= 11 is 0. The van der Waals surface area contributed by atoms with Gasteiger partial charge in [-0.1, -0.05) is 33.3 Å². The summed E-state index contributed by atoms with van der Waals surface area (Å²) in [5.74, 6) is 1.15. The van der Waals surface area contributed by atoms with Crippen molar-refractivity contribution in [2.24, 2.45) is 5.92 Å². The van der Waals surface area contributed by atoms with Gasteiger partial charge in [0.1, 0.15) is 5.75 Å². The Bertz CT molecular complexity index is 388. The number of nitrogens with one attached hydrogen (secondary N) is 1. The molecule has 106 valence electrons. The minimum atomic E-state index is -0.152. The number of esters is 1. The molecule has 19 heavy (non-hydrogen) atoms. The Labute approximate surface area is 116 Å². The highest BCUT2D eigenvalue weighted by atomic mass is 16.5. The summed E-state index contributed by atoms with van der Waals surface area (Å²) in [4.78, 5) is 11.5. The maximum atomic E-state index is 11.5. The number of hydrogen-bond acceptors (Lipinski definition) is 3. The molecule has 0 saturated carbocycles. The lowest BCUT2D eigenvalue weighted by Gasteiger charge is -2.10. The first kappa shape index (κ1) is 15.5. The van der Waals surface area contributed by atoms with Crippen molar-refractivity contribution in [1.29, 1.82) is 0 Å². The molecule has 1 N–H and O–H groups in total. The van der Waals surface area contributed by atoms with E-state index >= 15 is 0 Å². The van der Waals surface area contributed by atoms with E-state index in [1.165, 1.54) is 0 Å². The first-order chi connectivity index (χ1) is 9.11. The second kappa shape index (κ2) is 8.57. The number of hydrogen-bond donors (Lipinski definition) is 1. The Morgan fingerprint density at radius 2 is 2.16 bits per heavy atom. The summed E-state index contributed by atoms with van der Waals surface area (Å²) in [6.07, 6.45) is 3.50. The number of ether oxygens (including phenoxy) is 1. The molecule has 0 heterocycles. The van der Waals surface area contributed by atoms with Crippen LogP contribution in [0.15, 0.2) is 24.3 Å². The van der Waals surface area contributed by atoms with Crippen LogP contribution < -0.4 is 10.1 Å². The van der Waals surface area contributed by atoms with Crippen molar-refractivity contribution >= 4 is 11.7 Å². The van der Waals surface area contributed by atoms with Crippen LogP contribution in [0.5, 0.6) is 5.75 Å². The molecule has 0 aromatic heterocycles. The fraction of sp³-hybridized carbons (Fsp3) is 0.562. The van der Waals surface area contributed by atoms with Gasteiger partial charge in [-0.05, 0) is 30.9 Å². The molecule has 0 aliphatic carbocycles. The molecule has 0 fully saturated rings. The Kier molecular flexibility index (Phi) is 7.01. The van der Waals surface area contributed by atoms with Crippen LogP contribution in [-0.2, 0) is 4.79 Å². The van der Waals surface area contributed by atoms with Crippen molar-refractivity contribution in [3.63, 3.8) is 0 Å². The number of carbonyl (C=O) groups is 1. The minimum absolute atomic E-state index is 0.152. The van der Waals surface area contributed by atoms with Gasteiger partial charge in [-0.3, -0.25) is 4.79 Å². The van der Waals surface area contributed by atoms with Gasteiger partial charge in [-0.25, -0.2) is 0 Å². The summed E-state index contributed by atoms with van der Waals surface area (Å²) in [5, 5.41) is 3.34. The number of rotatable bonds is 8. The summed E-state index contributed by atoms with van der Waals surface area (Å²) in [7, 11) is 0. The highest BCUT2D eigenvalue weighted by molar-refractivity contribution is 5.72. The highest BCUT2D eigenvalue weighted by Gasteiger charge is 2.04. The average molecular weight is 263 g/mol. The van der Waals surface area contributed by atoms with E-state index in [0.29, 0.717) is 18.1 Å². The second-order valence-corrected chi connectivity index (χ2v) is 5.21. The molecule has 1 aromatic carbocycles. The maximum Gasteiger partial charge on any atom is 0.311 e. The van der Waals surface area contributed by atoms with Gasteiger partial charge in [-0.15, -0.1) is 0 Å². The lowest BCUT2D eigenvalue weighted by Crippen LogP contribution is -2.08. The molecular weight excluding hydrogens is 238 g/mol. The van der Waals surface area contributed by atoms with Crippen molar-refractivity contribution < 1.29 is 9.53 Å². The van der Waals surface area contributed by atoms with E-state index in [1.807, 2.05) is 24.3 Å². The molecule has 0 saturated heterocycles. The van der Waals surface area contributed by atoms with Crippen LogP contribution in [0.1, 0.15) is 46.5 Å². The summed E-state index contributed by atoms with van der Waals surface area (Å²) < 4.78 is 5.31. The quantitative estimate of drug-likeness (QED) is 0.563. The lowest BCUT2D eigenvalue weighted by atomic mass is 10.1. The highest BCUT2D eigenvalue weighted by Crippen LogP contribution is 2.18. The zero-order chi connectivity index (χ0) is 14.1. The first-order valence-electron chi connectivity index (χ1n) is 7.16. The molecule has 3 heteroatoms. The smallest absolute Gasteiger partial charge is 0.311 e. The van der Waals surface area contributed by atoms with Gasteiger partial charge in [0.2, 0.25) is 0 Å². The van der Waals surface area contributed by atoms with E-state index in [1.54, 1.807) is 0 Å². The molecule has 1 rings (SSSR count). The van der Waals surface area contributed by atoms with E-state index in [4.69, 9.17) is 4.74 Å². The Morgan fingerprint density at radius 3 is 2.84 bits per heavy atom. The molecular formula is C16H25NO2. The van der Waals surface area contributed by atoms with Crippen molar-refractivity contribution in [3.8, 4) is 5.75 Å². The number of unbranched alkanes of at least 4 members (excludes halogenated alkanes) is 1. The minimum Gasteiger partial charge on any atom is -0.426 e. The molecule has 0 aliphatic heterocycles. The van der Waals surface area contributed by atoms with Crippen molar-refractivity contribution in [3.05, 3.63) is 24.3 Å². The molecule has 3 nitrogen and oxygen atoms in total. The standard InChI is InChI=1S/C16H25NO2/c1-4-5-9-16(18)19-15-8-6-7-14(12-15)17-11-10-13(2)3/h6-8,12-13,17H,4-5,9-11H2,1-3H3. The zero-order valence-electron chi connectivity index (χ0n) is 12.2. The van der Waals surface area contributed by atoms with E-state index < -0.39 is 0 Å². The predicted octanol–water partition coefficient (Wildman–Crippen LogP) is 4.24. The number of anilines is 1. The molecule has 0 atom stereocenters. The second-order valence-electron chi connectivity index (χ2n) is 5.21. The van der Waals surface area contributed by atoms with Gasteiger partial charge >= 0.3 is 5.97 Å². The molecule has 1 aromatic rings. The summed E-state index contributed by atoms with van der Waals surface area (Å²) in [5.41, 5.74) is 1.00. The van der Waals surface area contributed by atoms with Gasteiger partial charge in [0, 0.05) is 24.7 Å². The predicted molar refractivity (Wildman–Crippen MR) is 79.5 cm³/mol. The van der Waals surface area contributed by atoms with Crippen molar-refractivity contribution in [2.45, 2.75) is 46.5 Å². The lowest BCUT2D eigenvalue weighted by molar-refractivity contribution is -0.134. The average Bonchev–Trinajstić information content (AvgIpc) is 2.36. The third-order valence-corrected chi connectivity index (χ3v) is 2.85. The molecule has 0 spiro atoms. The maximum absolute atomic E-state index is 11.5. The van der Waals surface area contributed by atoms with Crippen molar-refractivity contribution in [2.75, 3.05) is 11.9 Å². The Hall–Kier alpha value is -1.51. The SMILES string of the molecule is CCCCC(=O)Oc1cccc(NCCC(C)C)c1. The van der Waals surface area contributed by atoms with Crippen LogP contribution in [0.25, 0.3) is 0 Å². The van der Waals surface area contributed by atoms with E-state index in [0.717, 1.165) is 31.5 Å². The normalized spacial score (nSPS) is 10.5. The molecule has 0 aliphatic rings. The van der Waals surface area contributed by atoms with Crippen LogP contribution in [0, 0.1) is 5.92 Å². The Balaban J connectivity index is 2.45. The van der Waals surface area contributed by atoms with Crippen LogP contribution in [0.4, 0.5) is 5.69 Å². The van der Waals surface area contributed by atoms with Gasteiger partial charge in [0.15, 0.2) is 0 Å². The zero-order valence-corrected chi connectivity index (χ0v) is 12.2. The third kappa shape index (κ3) is 6.85. The van der Waals surface area contributed by atoms with E-state index in [-0.39, 0.29) is 5.97 Å². The summed E-state index contributed by atoms with van der Waals surface area (Å²) in [6.45, 7) is 7.40. The van der Waals surface area contributed by atoms with Crippen molar-refractivity contribution in [1.82, 2.24) is 0 Å². The Morgan fingerprint density at radius 1 is 1.37 bits per heavy atom. The largest absolute Gasteiger partial charge is 0.426 e. The molecule has 0 amide bonds. The monoisotopic (exact) mass is 263 g/mol. The number of carbonyl (C=O) groups excluding carboxylic acids is 1. The fourth-order valence-corrected chi connectivity index (χ4v) is 1.68. The summed E-state index contributed by atoms with van der Waals surface area (Å²) in [6, 6.07) is 7.59.